The van der Waals surface area contributed by atoms with Crippen LogP contribution in [-0.2, 0) is 14.3 Å². The molecule has 0 spiro atoms. The van der Waals surface area contributed by atoms with Crippen molar-refractivity contribution in [3.8, 4) is 0 Å². The van der Waals surface area contributed by atoms with Gasteiger partial charge in [0.2, 0.25) is 0 Å². The van der Waals surface area contributed by atoms with Gasteiger partial charge in [0.15, 0.2) is 5.65 Å². The fourth-order valence-corrected chi connectivity index (χ4v) is 3.70. The molecule has 0 unspecified atom stereocenters. The predicted molar refractivity (Wildman–Crippen MR) is 90.3 cm³/mol. The van der Waals surface area contributed by atoms with Crippen LogP contribution in [0.15, 0.2) is 12.4 Å². The third-order valence-electron chi connectivity index (χ3n) is 4.96. The summed E-state index contributed by atoms with van der Waals surface area (Å²) in [6.07, 6.45) is 1.65. The van der Waals surface area contributed by atoms with Crippen molar-refractivity contribution in [3.05, 3.63) is 18.2 Å². The Morgan fingerprint density at radius 1 is 1.44 bits per heavy atom. The molecule has 2 saturated heterocycles. The molecule has 8 heteroatoms. The molecule has 0 amide bonds. The summed E-state index contributed by atoms with van der Waals surface area (Å²) in [6, 6.07) is 1.91. The average molecular weight is 345 g/mol. The van der Waals surface area contributed by atoms with Crippen molar-refractivity contribution in [2.45, 2.75) is 33.3 Å². The third kappa shape index (κ3) is 2.64. The van der Waals surface area contributed by atoms with Crippen LogP contribution in [0.3, 0.4) is 0 Å². The molecule has 4 heterocycles. The number of anilines is 1. The van der Waals surface area contributed by atoms with Gasteiger partial charge in [-0.1, -0.05) is 0 Å². The summed E-state index contributed by atoms with van der Waals surface area (Å²) < 4.78 is 13.2. The van der Waals surface area contributed by atoms with E-state index in [1.807, 2.05) is 38.2 Å². The van der Waals surface area contributed by atoms with Crippen molar-refractivity contribution in [3.63, 3.8) is 0 Å². The number of esters is 1. The van der Waals surface area contributed by atoms with Gasteiger partial charge in [0.25, 0.3) is 0 Å². The number of carbonyl (C=O) groups is 1. The van der Waals surface area contributed by atoms with E-state index in [9.17, 15) is 4.79 Å². The van der Waals surface area contributed by atoms with E-state index >= 15 is 0 Å². The molecule has 134 valence electrons. The topological polar surface area (TPSA) is 81.9 Å². The second-order valence-electron chi connectivity index (χ2n) is 7.97. The zero-order valence-corrected chi connectivity index (χ0v) is 15.0. The second-order valence-corrected chi connectivity index (χ2v) is 7.97. The van der Waals surface area contributed by atoms with E-state index in [1.165, 1.54) is 0 Å². The lowest BCUT2D eigenvalue weighted by atomic mass is 9.81. The van der Waals surface area contributed by atoms with E-state index in [1.54, 1.807) is 6.33 Å². The average Bonchev–Trinajstić information content (AvgIpc) is 3.18. The zero-order chi connectivity index (χ0) is 17.8. The van der Waals surface area contributed by atoms with Gasteiger partial charge in [0.1, 0.15) is 29.0 Å². The fraction of sp³-hybridized carbons (Fsp3) is 0.647. The molecule has 2 aliphatic rings. The number of fused-ring (bicyclic) bond motifs is 2. The normalized spacial score (nSPS) is 26.2. The molecule has 0 saturated carbocycles. The van der Waals surface area contributed by atoms with Gasteiger partial charge in [-0.25, -0.2) is 4.98 Å². The van der Waals surface area contributed by atoms with E-state index in [-0.39, 0.29) is 11.9 Å². The maximum Gasteiger partial charge on any atom is 0.317 e. The van der Waals surface area contributed by atoms with Crippen LogP contribution in [0.1, 0.15) is 26.6 Å². The first-order valence-corrected chi connectivity index (χ1v) is 8.52. The van der Waals surface area contributed by atoms with Crippen molar-refractivity contribution in [2.24, 2.45) is 11.3 Å². The van der Waals surface area contributed by atoms with Crippen molar-refractivity contribution in [1.29, 1.82) is 0 Å². The largest absolute Gasteiger partial charge is 0.459 e. The van der Waals surface area contributed by atoms with Crippen LogP contribution in [0.5, 0.6) is 0 Å². The summed E-state index contributed by atoms with van der Waals surface area (Å²) in [5.41, 5.74) is -0.383. The predicted octanol–water partition coefficient (Wildman–Crippen LogP) is 1.23. The van der Waals surface area contributed by atoms with Crippen molar-refractivity contribution in [2.75, 3.05) is 31.2 Å². The Morgan fingerprint density at radius 3 is 3.00 bits per heavy atom. The molecule has 2 atom stereocenters. The van der Waals surface area contributed by atoms with E-state index in [0.29, 0.717) is 19.8 Å². The number of hydrogen-bond acceptors (Lipinski definition) is 7. The molecule has 0 N–H and O–H groups in total. The van der Waals surface area contributed by atoms with Gasteiger partial charge in [-0.2, -0.15) is 0 Å². The molecule has 0 radical (unpaired) electrons. The minimum atomic E-state index is -0.622. The smallest absolute Gasteiger partial charge is 0.317 e. The van der Waals surface area contributed by atoms with E-state index in [2.05, 4.69) is 20.1 Å². The molecule has 25 heavy (non-hydrogen) atoms. The molecular weight excluding hydrogens is 322 g/mol. The van der Waals surface area contributed by atoms with Crippen LogP contribution in [0.2, 0.25) is 0 Å². The maximum atomic E-state index is 12.9. The van der Waals surface area contributed by atoms with E-state index < -0.39 is 11.0 Å². The first kappa shape index (κ1) is 16.3. The number of ether oxygens (including phenoxy) is 2. The zero-order valence-electron chi connectivity index (χ0n) is 15.0. The standard InChI is InChI=1S/C17H23N5O3/c1-11-19-13(5-14-20-18-10-22(11)14)21-6-12-7-24-9-17(12,8-21)15(23)25-16(2,3)4/h5,10,12H,6-9H2,1-4H3/t12-,17-/m1/s1. The molecule has 4 rings (SSSR count). The lowest BCUT2D eigenvalue weighted by Gasteiger charge is -2.30. The number of carbonyl (C=O) groups excluding carboxylic acids is 1. The Labute approximate surface area is 146 Å². The minimum absolute atomic E-state index is 0.110. The van der Waals surface area contributed by atoms with Crippen molar-refractivity contribution in [1.82, 2.24) is 19.6 Å². The Morgan fingerprint density at radius 2 is 2.24 bits per heavy atom. The summed E-state index contributed by atoms with van der Waals surface area (Å²) in [6.45, 7) is 9.83. The highest BCUT2D eigenvalue weighted by Gasteiger charge is 2.58. The molecule has 2 aromatic rings. The fourth-order valence-electron chi connectivity index (χ4n) is 3.70. The molecule has 8 nitrogen and oxygen atoms in total. The molecular formula is C17H23N5O3. The van der Waals surface area contributed by atoms with Gasteiger partial charge >= 0.3 is 5.97 Å². The highest BCUT2D eigenvalue weighted by Crippen LogP contribution is 2.44. The Balaban J connectivity index is 1.64. The number of rotatable bonds is 2. The van der Waals surface area contributed by atoms with Crippen LogP contribution in [0.25, 0.3) is 5.65 Å². The third-order valence-corrected chi connectivity index (χ3v) is 4.96. The van der Waals surface area contributed by atoms with Gasteiger partial charge in [0.05, 0.1) is 13.2 Å². The Kier molecular flexibility index (Phi) is 3.50. The Bertz CT molecular complexity index is 827. The second kappa shape index (κ2) is 5.39. The van der Waals surface area contributed by atoms with Crippen molar-refractivity contribution < 1.29 is 14.3 Å². The van der Waals surface area contributed by atoms with Gasteiger partial charge < -0.3 is 14.4 Å². The first-order valence-electron chi connectivity index (χ1n) is 8.52. The van der Waals surface area contributed by atoms with E-state index in [0.717, 1.165) is 23.8 Å². The molecule has 0 bridgehead atoms. The van der Waals surface area contributed by atoms with Gasteiger partial charge in [0, 0.05) is 25.1 Å². The number of hydrogen-bond donors (Lipinski definition) is 0. The van der Waals surface area contributed by atoms with Gasteiger partial charge in [-0.05, 0) is 27.7 Å². The Hall–Kier alpha value is -2.22. The molecule has 2 aromatic heterocycles. The quantitative estimate of drug-likeness (QED) is 0.757. The summed E-state index contributed by atoms with van der Waals surface area (Å²) in [5, 5.41) is 8.04. The number of aryl methyl sites for hydroxylation is 1. The SMILES string of the molecule is Cc1nc(N2C[C@@H]3COC[C@]3(C(=O)OC(C)(C)C)C2)cc2nncn12. The van der Waals surface area contributed by atoms with Gasteiger partial charge in [-0.3, -0.25) is 9.20 Å². The van der Waals surface area contributed by atoms with E-state index in [4.69, 9.17) is 9.47 Å². The van der Waals surface area contributed by atoms with Crippen molar-refractivity contribution >= 4 is 17.4 Å². The monoisotopic (exact) mass is 345 g/mol. The van der Waals surface area contributed by atoms with Gasteiger partial charge in [-0.15, -0.1) is 10.2 Å². The highest BCUT2D eigenvalue weighted by molar-refractivity contribution is 5.80. The minimum Gasteiger partial charge on any atom is -0.459 e. The van der Waals surface area contributed by atoms with Crippen LogP contribution < -0.4 is 4.90 Å². The molecule has 0 aliphatic carbocycles. The summed E-state index contributed by atoms with van der Waals surface area (Å²) >= 11 is 0. The van der Waals surface area contributed by atoms with Crippen LogP contribution in [-0.4, -0.2) is 57.5 Å². The first-order chi connectivity index (χ1) is 11.8. The van der Waals surface area contributed by atoms with Crippen LogP contribution >= 0.6 is 0 Å². The summed E-state index contributed by atoms with van der Waals surface area (Å²) in [5.74, 6) is 1.57. The number of aromatic nitrogens is 4. The molecule has 0 aromatic carbocycles. The lowest BCUT2D eigenvalue weighted by molar-refractivity contribution is -0.167. The van der Waals surface area contributed by atoms with Crippen LogP contribution in [0, 0.1) is 18.3 Å². The molecule has 2 fully saturated rings. The molecule has 2 aliphatic heterocycles. The highest BCUT2D eigenvalue weighted by atomic mass is 16.6. The maximum absolute atomic E-state index is 12.9. The van der Waals surface area contributed by atoms with Crippen LogP contribution in [0.4, 0.5) is 5.82 Å². The summed E-state index contributed by atoms with van der Waals surface area (Å²) in [4.78, 5) is 19.7. The lowest BCUT2D eigenvalue weighted by Crippen LogP contribution is -2.43. The summed E-state index contributed by atoms with van der Waals surface area (Å²) in [7, 11) is 0. The number of nitrogens with zero attached hydrogens (tertiary/aromatic N) is 5.